The van der Waals surface area contributed by atoms with E-state index in [2.05, 4.69) is 4.98 Å². The highest BCUT2D eigenvalue weighted by atomic mass is 35.7. The van der Waals surface area contributed by atoms with Crippen molar-refractivity contribution in [2.75, 3.05) is 0 Å². The molecule has 0 amide bonds. The fourth-order valence-corrected chi connectivity index (χ4v) is 2.60. The number of halogens is 1. The first-order chi connectivity index (χ1) is 9.36. The fraction of sp³-hybridized carbons (Fsp3) is 0.214. The molecule has 0 saturated heterocycles. The quantitative estimate of drug-likeness (QED) is 0.814. The van der Waals surface area contributed by atoms with Crippen LogP contribution in [-0.2, 0) is 15.7 Å². The lowest BCUT2D eigenvalue weighted by Gasteiger charge is -2.10. The molecule has 2 rings (SSSR count). The number of aromatic nitrogens is 1. The van der Waals surface area contributed by atoms with Gasteiger partial charge in [-0.15, -0.1) is 0 Å². The number of ether oxygens (including phenoxy) is 1. The highest BCUT2D eigenvalue weighted by molar-refractivity contribution is 8.13. The summed E-state index contributed by atoms with van der Waals surface area (Å²) in [5.41, 5.74) is 2.45. The summed E-state index contributed by atoms with van der Waals surface area (Å²) in [6.07, 6.45) is 0. The van der Waals surface area contributed by atoms with E-state index in [1.165, 1.54) is 12.1 Å². The Morgan fingerprint density at radius 2 is 1.95 bits per heavy atom. The summed E-state index contributed by atoms with van der Waals surface area (Å²) in [6, 6.07) is 10.2. The van der Waals surface area contributed by atoms with E-state index in [-0.39, 0.29) is 4.90 Å². The summed E-state index contributed by atoms with van der Waals surface area (Å²) < 4.78 is 28.1. The summed E-state index contributed by atoms with van der Waals surface area (Å²) in [5, 5.41) is 0. The van der Waals surface area contributed by atoms with Crippen LogP contribution in [0.25, 0.3) is 0 Å². The molecule has 1 aromatic heterocycles. The van der Waals surface area contributed by atoms with Crippen molar-refractivity contribution in [3.05, 3.63) is 53.3 Å². The van der Waals surface area contributed by atoms with E-state index in [1.54, 1.807) is 13.0 Å². The molecular formula is C14H14ClNO3S. The minimum atomic E-state index is -3.71. The average molecular weight is 312 g/mol. The van der Waals surface area contributed by atoms with E-state index in [9.17, 15) is 8.42 Å². The molecule has 1 aromatic carbocycles. The Labute approximate surface area is 122 Å². The standard InChI is InChI=1S/C14H14ClNO3S/c1-10-8-13(20(15,17)18)6-7-14(10)19-9-12-5-3-4-11(2)16-12/h3-8H,9H2,1-2H3. The normalized spacial score (nSPS) is 11.3. The summed E-state index contributed by atoms with van der Waals surface area (Å²) in [5.74, 6) is 0.609. The van der Waals surface area contributed by atoms with Crippen molar-refractivity contribution < 1.29 is 13.2 Å². The van der Waals surface area contributed by atoms with Gasteiger partial charge in [0.25, 0.3) is 9.05 Å². The third kappa shape index (κ3) is 3.71. The summed E-state index contributed by atoms with van der Waals surface area (Å²) >= 11 is 0. The van der Waals surface area contributed by atoms with Gasteiger partial charge in [-0.1, -0.05) is 6.07 Å². The van der Waals surface area contributed by atoms with Crippen LogP contribution >= 0.6 is 10.7 Å². The van der Waals surface area contributed by atoms with E-state index in [1.807, 2.05) is 25.1 Å². The van der Waals surface area contributed by atoms with Crippen LogP contribution in [0.15, 0.2) is 41.3 Å². The van der Waals surface area contributed by atoms with Gasteiger partial charge in [-0.05, 0) is 49.7 Å². The zero-order valence-electron chi connectivity index (χ0n) is 11.1. The smallest absolute Gasteiger partial charge is 0.261 e. The number of hydrogen-bond acceptors (Lipinski definition) is 4. The molecule has 6 heteroatoms. The molecule has 106 valence electrons. The maximum Gasteiger partial charge on any atom is 0.261 e. The highest BCUT2D eigenvalue weighted by Gasteiger charge is 2.12. The Balaban J connectivity index is 2.15. The molecule has 0 aliphatic rings. The molecular weight excluding hydrogens is 298 g/mol. The lowest BCUT2D eigenvalue weighted by Crippen LogP contribution is -2.01. The Kier molecular flexibility index (Phi) is 4.30. The predicted octanol–water partition coefficient (Wildman–Crippen LogP) is 3.20. The molecule has 0 unspecified atom stereocenters. The van der Waals surface area contributed by atoms with Gasteiger partial charge in [0.1, 0.15) is 12.4 Å². The van der Waals surface area contributed by atoms with Crippen LogP contribution in [0.5, 0.6) is 5.75 Å². The van der Waals surface area contributed by atoms with Crippen LogP contribution in [0.4, 0.5) is 0 Å². The molecule has 0 fully saturated rings. The third-order valence-corrected chi connectivity index (χ3v) is 4.10. The molecule has 0 atom stereocenters. The van der Waals surface area contributed by atoms with Crippen molar-refractivity contribution in [3.8, 4) is 5.75 Å². The minimum absolute atomic E-state index is 0.0673. The van der Waals surface area contributed by atoms with Crippen LogP contribution in [0, 0.1) is 13.8 Å². The van der Waals surface area contributed by atoms with Crippen molar-refractivity contribution in [2.45, 2.75) is 25.3 Å². The maximum absolute atomic E-state index is 11.2. The fourth-order valence-electron chi connectivity index (χ4n) is 1.77. The Morgan fingerprint density at radius 3 is 2.55 bits per heavy atom. The van der Waals surface area contributed by atoms with Gasteiger partial charge >= 0.3 is 0 Å². The summed E-state index contributed by atoms with van der Waals surface area (Å²) in [4.78, 5) is 4.40. The van der Waals surface area contributed by atoms with Gasteiger partial charge in [0.15, 0.2) is 0 Å². The zero-order chi connectivity index (χ0) is 14.8. The molecule has 2 aromatic rings. The monoisotopic (exact) mass is 311 g/mol. The number of pyridine rings is 1. The average Bonchev–Trinajstić information content (AvgIpc) is 2.36. The molecule has 1 heterocycles. The van der Waals surface area contributed by atoms with E-state index < -0.39 is 9.05 Å². The molecule has 4 nitrogen and oxygen atoms in total. The van der Waals surface area contributed by atoms with Gasteiger partial charge in [-0.2, -0.15) is 0 Å². The molecule has 20 heavy (non-hydrogen) atoms. The minimum Gasteiger partial charge on any atom is -0.487 e. The lowest BCUT2D eigenvalue weighted by molar-refractivity contribution is 0.299. The summed E-state index contributed by atoms with van der Waals surface area (Å²) in [7, 11) is 1.58. The highest BCUT2D eigenvalue weighted by Crippen LogP contribution is 2.24. The van der Waals surface area contributed by atoms with Crippen molar-refractivity contribution >= 4 is 19.7 Å². The van der Waals surface area contributed by atoms with Gasteiger partial charge in [-0.3, -0.25) is 4.98 Å². The van der Waals surface area contributed by atoms with Crippen LogP contribution < -0.4 is 4.74 Å². The van der Waals surface area contributed by atoms with Gasteiger partial charge < -0.3 is 4.74 Å². The molecule has 0 aliphatic carbocycles. The van der Waals surface area contributed by atoms with Crippen LogP contribution in [-0.4, -0.2) is 13.4 Å². The Hall–Kier alpha value is -1.59. The number of rotatable bonds is 4. The largest absolute Gasteiger partial charge is 0.487 e. The van der Waals surface area contributed by atoms with Gasteiger partial charge in [0.2, 0.25) is 0 Å². The van der Waals surface area contributed by atoms with Crippen LogP contribution in [0.2, 0.25) is 0 Å². The van der Waals surface area contributed by atoms with Crippen molar-refractivity contribution in [2.24, 2.45) is 0 Å². The zero-order valence-corrected chi connectivity index (χ0v) is 12.7. The molecule has 0 aliphatic heterocycles. The third-order valence-electron chi connectivity index (χ3n) is 2.75. The lowest BCUT2D eigenvalue weighted by atomic mass is 10.2. The van der Waals surface area contributed by atoms with E-state index in [4.69, 9.17) is 15.4 Å². The number of benzene rings is 1. The number of hydrogen-bond donors (Lipinski definition) is 0. The van der Waals surface area contributed by atoms with Crippen LogP contribution in [0.3, 0.4) is 0 Å². The predicted molar refractivity (Wildman–Crippen MR) is 77.5 cm³/mol. The van der Waals surface area contributed by atoms with Crippen LogP contribution in [0.1, 0.15) is 17.0 Å². The second-order valence-electron chi connectivity index (χ2n) is 4.42. The molecule has 0 spiro atoms. The topological polar surface area (TPSA) is 56.3 Å². The van der Waals surface area contributed by atoms with E-state index in [0.29, 0.717) is 17.9 Å². The second-order valence-corrected chi connectivity index (χ2v) is 6.99. The van der Waals surface area contributed by atoms with Gasteiger partial charge in [0, 0.05) is 16.4 Å². The first-order valence-corrected chi connectivity index (χ1v) is 8.28. The SMILES string of the molecule is Cc1cccc(COc2ccc(S(=O)(=O)Cl)cc2C)n1. The first kappa shape index (κ1) is 14.8. The van der Waals surface area contributed by atoms with E-state index in [0.717, 1.165) is 11.4 Å². The molecule has 0 saturated carbocycles. The van der Waals surface area contributed by atoms with Gasteiger partial charge in [-0.25, -0.2) is 8.42 Å². The number of nitrogens with zero attached hydrogens (tertiary/aromatic N) is 1. The Morgan fingerprint density at radius 1 is 1.20 bits per heavy atom. The maximum atomic E-state index is 11.2. The first-order valence-electron chi connectivity index (χ1n) is 5.97. The Bertz CT molecular complexity index is 729. The van der Waals surface area contributed by atoms with Crippen molar-refractivity contribution in [1.82, 2.24) is 4.98 Å². The molecule has 0 bridgehead atoms. The molecule has 0 N–H and O–H groups in total. The van der Waals surface area contributed by atoms with E-state index >= 15 is 0 Å². The molecule has 0 radical (unpaired) electrons. The second kappa shape index (κ2) is 5.81. The van der Waals surface area contributed by atoms with Crippen molar-refractivity contribution in [3.63, 3.8) is 0 Å². The number of aryl methyl sites for hydroxylation is 2. The van der Waals surface area contributed by atoms with Gasteiger partial charge in [0.05, 0.1) is 10.6 Å². The summed E-state index contributed by atoms with van der Waals surface area (Å²) in [6.45, 7) is 4.01. The van der Waals surface area contributed by atoms with Crippen molar-refractivity contribution in [1.29, 1.82) is 0 Å².